The molecule has 35 heavy (non-hydrogen) atoms. The van der Waals surface area contributed by atoms with Crippen LogP contribution >= 0.6 is 0 Å². The summed E-state index contributed by atoms with van der Waals surface area (Å²) in [5.74, 6) is -0.987. The summed E-state index contributed by atoms with van der Waals surface area (Å²) in [6, 6.07) is 16.5. The van der Waals surface area contributed by atoms with Gasteiger partial charge >= 0.3 is 12.1 Å². The van der Waals surface area contributed by atoms with Gasteiger partial charge in [-0.15, -0.1) is 0 Å². The number of aliphatic carboxylic acids is 1. The van der Waals surface area contributed by atoms with E-state index in [1.807, 2.05) is 36.1 Å². The number of carboxylic acids is 1. The summed E-state index contributed by atoms with van der Waals surface area (Å²) in [5.41, 5.74) is 4.78. The predicted molar refractivity (Wildman–Crippen MR) is 133 cm³/mol. The largest absolute Gasteiger partial charge is 0.481 e. The SMILES string of the molecule is C[C@@H]1C[C@H](C(=O)O)CCN1C(=O)CCCCCNC(=O)OCC1c2ccccc2-c2ccccc21. The van der Waals surface area contributed by atoms with Gasteiger partial charge in [-0.05, 0) is 54.9 Å². The van der Waals surface area contributed by atoms with E-state index >= 15 is 0 Å². The van der Waals surface area contributed by atoms with Gasteiger partial charge in [0, 0.05) is 31.5 Å². The fourth-order valence-electron chi connectivity index (χ4n) is 5.33. The van der Waals surface area contributed by atoms with E-state index in [4.69, 9.17) is 9.84 Å². The highest BCUT2D eigenvalue weighted by atomic mass is 16.5. The second kappa shape index (κ2) is 11.4. The Morgan fingerprint density at radius 1 is 1.00 bits per heavy atom. The second-order valence-corrected chi connectivity index (χ2v) is 9.56. The van der Waals surface area contributed by atoms with Crippen molar-refractivity contribution in [2.75, 3.05) is 19.7 Å². The van der Waals surface area contributed by atoms with E-state index in [2.05, 4.69) is 29.6 Å². The van der Waals surface area contributed by atoms with Gasteiger partial charge in [-0.2, -0.15) is 0 Å². The number of unbranched alkanes of at least 4 members (excludes halogenated alkanes) is 2. The van der Waals surface area contributed by atoms with Gasteiger partial charge in [-0.1, -0.05) is 55.0 Å². The Labute approximate surface area is 206 Å². The van der Waals surface area contributed by atoms with E-state index in [0.717, 1.165) is 19.3 Å². The van der Waals surface area contributed by atoms with Gasteiger partial charge < -0.3 is 20.1 Å². The number of hydrogen-bond donors (Lipinski definition) is 2. The number of piperidine rings is 1. The Bertz CT molecular complexity index is 1020. The number of benzene rings is 2. The molecule has 0 saturated carbocycles. The lowest BCUT2D eigenvalue weighted by atomic mass is 9.91. The minimum atomic E-state index is -0.771. The summed E-state index contributed by atoms with van der Waals surface area (Å²) in [7, 11) is 0. The Kier molecular flexibility index (Phi) is 8.06. The summed E-state index contributed by atoms with van der Waals surface area (Å²) >= 11 is 0. The van der Waals surface area contributed by atoms with E-state index in [1.165, 1.54) is 22.3 Å². The van der Waals surface area contributed by atoms with Crippen LogP contribution in [0, 0.1) is 5.92 Å². The second-order valence-electron chi connectivity index (χ2n) is 9.56. The first kappa shape index (κ1) is 24.8. The molecule has 2 amide bonds. The van der Waals surface area contributed by atoms with Gasteiger partial charge in [0.05, 0.1) is 5.92 Å². The molecule has 1 aliphatic heterocycles. The maximum Gasteiger partial charge on any atom is 0.407 e. The van der Waals surface area contributed by atoms with E-state index in [0.29, 0.717) is 39.0 Å². The molecule has 2 aliphatic rings. The first-order chi connectivity index (χ1) is 17.0. The van der Waals surface area contributed by atoms with Crippen molar-refractivity contribution in [3.8, 4) is 11.1 Å². The highest BCUT2D eigenvalue weighted by Gasteiger charge is 2.32. The lowest BCUT2D eigenvalue weighted by molar-refractivity contribution is -0.147. The maximum atomic E-state index is 12.5. The van der Waals surface area contributed by atoms with Crippen LogP contribution in [0.25, 0.3) is 11.1 Å². The molecule has 1 heterocycles. The smallest absolute Gasteiger partial charge is 0.407 e. The van der Waals surface area contributed by atoms with Crippen LogP contribution in [0.3, 0.4) is 0 Å². The molecule has 0 spiro atoms. The van der Waals surface area contributed by atoms with Gasteiger partial charge in [0.25, 0.3) is 0 Å². The highest BCUT2D eigenvalue weighted by molar-refractivity contribution is 5.79. The van der Waals surface area contributed by atoms with Crippen LogP contribution in [-0.4, -0.2) is 53.7 Å². The first-order valence-electron chi connectivity index (χ1n) is 12.6. The first-order valence-corrected chi connectivity index (χ1v) is 12.6. The molecule has 2 N–H and O–H groups in total. The van der Waals surface area contributed by atoms with Crippen LogP contribution in [0.5, 0.6) is 0 Å². The summed E-state index contributed by atoms with van der Waals surface area (Å²) in [6.07, 6.45) is 3.42. The van der Waals surface area contributed by atoms with Gasteiger partial charge in [-0.25, -0.2) is 4.79 Å². The zero-order chi connectivity index (χ0) is 24.8. The van der Waals surface area contributed by atoms with Crippen LogP contribution in [0.15, 0.2) is 48.5 Å². The molecule has 0 aromatic heterocycles. The third kappa shape index (κ3) is 5.84. The third-order valence-electron chi connectivity index (χ3n) is 7.23. The lowest BCUT2D eigenvalue weighted by Crippen LogP contribution is -2.46. The monoisotopic (exact) mass is 478 g/mol. The number of hydrogen-bond acceptors (Lipinski definition) is 4. The predicted octanol–water partition coefficient (Wildman–Crippen LogP) is 4.80. The average Bonchev–Trinajstić information content (AvgIpc) is 3.18. The minimum absolute atomic E-state index is 0.0346. The minimum Gasteiger partial charge on any atom is -0.481 e. The van der Waals surface area contributed by atoms with Crippen molar-refractivity contribution in [2.24, 2.45) is 5.92 Å². The average molecular weight is 479 g/mol. The fraction of sp³-hybridized carbons (Fsp3) is 0.464. The zero-order valence-corrected chi connectivity index (χ0v) is 20.2. The van der Waals surface area contributed by atoms with Crippen molar-refractivity contribution in [2.45, 2.75) is 57.4 Å². The van der Waals surface area contributed by atoms with Crippen LogP contribution < -0.4 is 5.32 Å². The van der Waals surface area contributed by atoms with E-state index in [-0.39, 0.29) is 23.8 Å². The van der Waals surface area contributed by atoms with E-state index in [9.17, 15) is 14.4 Å². The lowest BCUT2D eigenvalue weighted by Gasteiger charge is -2.36. The molecule has 0 bridgehead atoms. The molecule has 4 rings (SSSR count). The molecule has 2 aromatic rings. The Morgan fingerprint density at radius 2 is 1.66 bits per heavy atom. The standard InChI is InChI=1S/C28H34N2O5/c1-19-17-20(27(32)33)14-16-30(19)26(31)13-3-2-8-15-29-28(34)35-18-25-23-11-6-4-9-21(23)22-10-5-7-12-24(22)25/h4-7,9-12,19-20,25H,2-3,8,13-18H2,1H3,(H,29,34)(H,32,33)/t19-,20-/m1/s1. The molecular weight excluding hydrogens is 444 g/mol. The molecule has 0 unspecified atom stereocenters. The van der Waals surface area contributed by atoms with Gasteiger partial charge in [-0.3, -0.25) is 9.59 Å². The van der Waals surface area contributed by atoms with Crippen molar-refractivity contribution in [1.82, 2.24) is 10.2 Å². The molecule has 1 saturated heterocycles. The molecule has 7 heteroatoms. The Hall–Kier alpha value is -3.35. The number of ether oxygens (including phenoxy) is 1. The molecule has 7 nitrogen and oxygen atoms in total. The highest BCUT2D eigenvalue weighted by Crippen LogP contribution is 2.44. The van der Waals surface area contributed by atoms with Gasteiger partial charge in [0.2, 0.25) is 5.91 Å². The van der Waals surface area contributed by atoms with Crippen molar-refractivity contribution in [3.05, 3.63) is 59.7 Å². The molecular formula is C28H34N2O5. The summed E-state index contributed by atoms with van der Waals surface area (Å²) < 4.78 is 5.55. The van der Waals surface area contributed by atoms with Crippen LogP contribution in [-0.2, 0) is 14.3 Å². The van der Waals surface area contributed by atoms with Crippen LogP contribution in [0.1, 0.15) is 62.5 Å². The fourth-order valence-corrected chi connectivity index (χ4v) is 5.33. The Morgan fingerprint density at radius 3 is 2.29 bits per heavy atom. The number of carbonyl (C=O) groups is 3. The molecule has 2 aromatic carbocycles. The summed E-state index contributed by atoms with van der Waals surface area (Å²) in [4.78, 5) is 37.7. The molecule has 1 aliphatic carbocycles. The number of amides is 2. The van der Waals surface area contributed by atoms with Crippen LogP contribution in [0.2, 0.25) is 0 Å². The number of carbonyl (C=O) groups excluding carboxylic acids is 2. The van der Waals surface area contributed by atoms with Gasteiger partial charge in [0.15, 0.2) is 0 Å². The number of rotatable bonds is 9. The number of fused-ring (bicyclic) bond motifs is 3. The number of likely N-dealkylation sites (tertiary alicyclic amines) is 1. The molecule has 0 radical (unpaired) electrons. The number of nitrogens with zero attached hydrogens (tertiary/aromatic N) is 1. The van der Waals surface area contributed by atoms with Crippen LogP contribution in [0.4, 0.5) is 4.79 Å². The number of nitrogens with one attached hydrogen (secondary N) is 1. The summed E-state index contributed by atoms with van der Waals surface area (Å²) in [6.45, 7) is 3.24. The number of alkyl carbamates (subject to hydrolysis) is 1. The van der Waals surface area contributed by atoms with E-state index in [1.54, 1.807) is 0 Å². The van der Waals surface area contributed by atoms with Crippen molar-refractivity contribution in [3.63, 3.8) is 0 Å². The van der Waals surface area contributed by atoms with E-state index < -0.39 is 12.1 Å². The van der Waals surface area contributed by atoms with Crippen molar-refractivity contribution in [1.29, 1.82) is 0 Å². The summed E-state index contributed by atoms with van der Waals surface area (Å²) in [5, 5.41) is 12.0. The number of carboxylic acid groups (broad SMARTS) is 1. The normalized spacial score (nSPS) is 19.1. The molecule has 186 valence electrons. The van der Waals surface area contributed by atoms with Crippen molar-refractivity contribution < 1.29 is 24.2 Å². The third-order valence-corrected chi connectivity index (χ3v) is 7.23. The molecule has 1 fully saturated rings. The quantitative estimate of drug-likeness (QED) is 0.505. The van der Waals surface area contributed by atoms with Crippen molar-refractivity contribution >= 4 is 18.0 Å². The maximum absolute atomic E-state index is 12.5. The zero-order valence-electron chi connectivity index (χ0n) is 20.2. The topological polar surface area (TPSA) is 95.9 Å². The van der Waals surface area contributed by atoms with Gasteiger partial charge in [0.1, 0.15) is 6.61 Å². The molecule has 2 atom stereocenters. The Balaban J connectivity index is 1.13.